The van der Waals surface area contributed by atoms with Gasteiger partial charge in [0.15, 0.2) is 0 Å². The van der Waals surface area contributed by atoms with Gasteiger partial charge in [-0.3, -0.25) is 4.21 Å². The van der Waals surface area contributed by atoms with Gasteiger partial charge in [-0.05, 0) is 65.6 Å². The van der Waals surface area contributed by atoms with Crippen molar-refractivity contribution in [2.45, 2.75) is 18.4 Å². The van der Waals surface area contributed by atoms with Crippen molar-refractivity contribution in [2.24, 2.45) is 0 Å². The molecular formula is C33H28Cl2N2O3S. The quantitative estimate of drug-likeness (QED) is 0.185. The summed E-state index contributed by atoms with van der Waals surface area (Å²) in [7, 11) is -1.04. The van der Waals surface area contributed by atoms with E-state index in [4.69, 9.17) is 28.2 Å². The zero-order valence-electron chi connectivity index (χ0n) is 22.6. The van der Waals surface area contributed by atoms with Crippen molar-refractivity contribution in [3.63, 3.8) is 0 Å². The van der Waals surface area contributed by atoms with Gasteiger partial charge in [-0.2, -0.15) is 0 Å². The van der Waals surface area contributed by atoms with Crippen molar-refractivity contribution in [3.8, 4) is 11.1 Å². The van der Waals surface area contributed by atoms with E-state index < -0.39 is 16.8 Å². The molecule has 0 aliphatic carbocycles. The zero-order chi connectivity index (χ0) is 29.5. The number of nitrogens with zero attached hydrogens (tertiary/aromatic N) is 2. The van der Waals surface area contributed by atoms with Gasteiger partial charge in [0.25, 0.3) is 0 Å². The fourth-order valence-electron chi connectivity index (χ4n) is 4.20. The van der Waals surface area contributed by atoms with Crippen molar-refractivity contribution in [1.82, 2.24) is 9.55 Å². The van der Waals surface area contributed by atoms with E-state index >= 15 is 0 Å². The van der Waals surface area contributed by atoms with Gasteiger partial charge < -0.3 is 9.67 Å². The summed E-state index contributed by atoms with van der Waals surface area (Å²) in [5.41, 5.74) is 5.54. The Morgan fingerprint density at radius 1 is 1.02 bits per heavy atom. The van der Waals surface area contributed by atoms with Crippen LogP contribution in [0.15, 0.2) is 113 Å². The van der Waals surface area contributed by atoms with Gasteiger partial charge in [0.05, 0.1) is 16.3 Å². The van der Waals surface area contributed by atoms with E-state index in [1.54, 1.807) is 36.6 Å². The summed E-state index contributed by atoms with van der Waals surface area (Å²) in [6.07, 6.45) is 10.9. The number of carboxylic acids is 1. The molecule has 0 radical (unpaired) electrons. The van der Waals surface area contributed by atoms with E-state index in [1.165, 1.54) is 0 Å². The van der Waals surface area contributed by atoms with Crippen LogP contribution < -0.4 is 0 Å². The average Bonchev–Trinajstić information content (AvgIpc) is 3.34. The molecule has 4 aromatic rings. The van der Waals surface area contributed by atoms with Crippen LogP contribution >= 0.6 is 23.2 Å². The number of aromatic nitrogens is 2. The van der Waals surface area contributed by atoms with Crippen molar-refractivity contribution in [1.29, 1.82) is 0 Å². The summed E-state index contributed by atoms with van der Waals surface area (Å²) >= 11 is 12.5. The molecule has 0 saturated carbocycles. The third kappa shape index (κ3) is 7.82. The topological polar surface area (TPSA) is 72.2 Å². The number of imidazole rings is 1. The zero-order valence-corrected chi connectivity index (χ0v) is 24.9. The normalized spacial score (nSPS) is 13.0. The summed E-state index contributed by atoms with van der Waals surface area (Å²) in [6.45, 7) is 6.03. The number of halogens is 2. The summed E-state index contributed by atoms with van der Waals surface area (Å²) in [4.78, 5) is 16.9. The smallest absolute Gasteiger partial charge is 0.335 e. The number of allylic oxidation sites excluding steroid dienone is 5. The van der Waals surface area contributed by atoms with Gasteiger partial charge in [0.1, 0.15) is 5.82 Å². The van der Waals surface area contributed by atoms with Crippen LogP contribution in [-0.4, -0.2) is 31.1 Å². The lowest BCUT2D eigenvalue weighted by molar-refractivity contribution is 0.0697. The molecule has 5 nitrogen and oxygen atoms in total. The van der Waals surface area contributed by atoms with Crippen LogP contribution in [0.1, 0.15) is 39.9 Å². The molecule has 41 heavy (non-hydrogen) atoms. The molecule has 3 aromatic carbocycles. The Kier molecular flexibility index (Phi) is 9.95. The molecule has 4 rings (SSSR count). The van der Waals surface area contributed by atoms with Gasteiger partial charge in [-0.15, -0.1) is 0 Å². The highest BCUT2D eigenvalue weighted by Crippen LogP contribution is 2.28. The lowest BCUT2D eigenvalue weighted by atomic mass is 10.0. The van der Waals surface area contributed by atoms with Crippen LogP contribution in [0.2, 0.25) is 0 Å². The van der Waals surface area contributed by atoms with E-state index in [0.29, 0.717) is 33.7 Å². The Labute approximate surface area is 252 Å². The first-order valence-electron chi connectivity index (χ1n) is 12.6. The highest BCUT2D eigenvalue weighted by Gasteiger charge is 2.13. The third-order valence-electron chi connectivity index (χ3n) is 6.30. The minimum atomic E-state index is -1.04. The molecular weight excluding hydrogens is 575 g/mol. The Morgan fingerprint density at radius 3 is 2.34 bits per heavy atom. The molecule has 1 atom stereocenters. The van der Waals surface area contributed by atoms with Gasteiger partial charge in [-0.1, -0.05) is 90.5 Å². The van der Waals surface area contributed by atoms with Crippen LogP contribution in [0.4, 0.5) is 0 Å². The van der Waals surface area contributed by atoms with Crippen LogP contribution in [0.3, 0.4) is 0 Å². The van der Waals surface area contributed by atoms with Crippen molar-refractivity contribution in [2.75, 3.05) is 6.26 Å². The lowest BCUT2D eigenvalue weighted by Gasteiger charge is -2.06. The molecule has 8 heteroatoms. The molecule has 1 unspecified atom stereocenters. The first-order valence-corrected chi connectivity index (χ1v) is 15.0. The molecule has 1 N–H and O–H groups in total. The monoisotopic (exact) mass is 602 g/mol. The predicted molar refractivity (Wildman–Crippen MR) is 170 cm³/mol. The third-order valence-corrected chi connectivity index (χ3v) is 7.64. The maximum Gasteiger partial charge on any atom is 0.335 e. The molecule has 1 aromatic heterocycles. The van der Waals surface area contributed by atoms with Crippen LogP contribution in [0, 0.1) is 0 Å². The van der Waals surface area contributed by atoms with Crippen molar-refractivity contribution >= 4 is 57.7 Å². The molecule has 208 valence electrons. The summed E-state index contributed by atoms with van der Waals surface area (Å²) < 4.78 is 13.9. The number of benzene rings is 3. The van der Waals surface area contributed by atoms with E-state index in [-0.39, 0.29) is 5.56 Å². The highest BCUT2D eigenvalue weighted by atomic mass is 35.5. The predicted octanol–water partition coefficient (Wildman–Crippen LogP) is 8.48. The maximum atomic E-state index is 11.9. The second kappa shape index (κ2) is 13.6. The first-order chi connectivity index (χ1) is 19.6. The Bertz CT molecular complexity index is 1700. The first kappa shape index (κ1) is 30.0. The lowest BCUT2D eigenvalue weighted by Crippen LogP contribution is -2.02. The number of rotatable bonds is 10. The molecule has 0 saturated heterocycles. The fraction of sp³-hybridized carbons (Fsp3) is 0.0909. The van der Waals surface area contributed by atoms with Gasteiger partial charge in [0, 0.05) is 45.3 Å². The molecule has 0 aliphatic rings. The summed E-state index contributed by atoms with van der Waals surface area (Å²) in [6, 6.07) is 22.6. The number of hydrogen-bond donors (Lipinski definition) is 1. The van der Waals surface area contributed by atoms with Gasteiger partial charge >= 0.3 is 5.97 Å². The van der Waals surface area contributed by atoms with Crippen LogP contribution in [0.25, 0.3) is 28.9 Å². The number of hydrogen-bond acceptors (Lipinski definition) is 3. The second-order valence-corrected chi connectivity index (χ2v) is 11.5. The summed E-state index contributed by atoms with van der Waals surface area (Å²) in [5.74, 6) is -0.276. The van der Waals surface area contributed by atoms with Crippen molar-refractivity contribution < 1.29 is 14.1 Å². The fourth-order valence-corrected chi connectivity index (χ4v) is 5.27. The van der Waals surface area contributed by atoms with Crippen molar-refractivity contribution in [3.05, 3.63) is 136 Å². The standard InChI is InChI=1S/C33H28Cl2N2O3S/c1-4-29(30(35)18-22(2)34)31-21-37(20-24-10-15-26(16-11-24)33(38)39)32(36-31)17-12-23-8-13-25(14-9-23)27-6-5-7-28(19-27)41(3)40/h4-19,21H,2,20H2,1,3H3,(H,38,39)/b17-12+,29-4?,30-18+. The van der Waals surface area contributed by atoms with E-state index in [9.17, 15) is 14.1 Å². The van der Waals surface area contributed by atoms with Crippen LogP contribution in [-0.2, 0) is 17.3 Å². The largest absolute Gasteiger partial charge is 0.478 e. The Morgan fingerprint density at radius 2 is 1.73 bits per heavy atom. The van der Waals surface area contributed by atoms with Crippen LogP contribution in [0.5, 0.6) is 0 Å². The number of carboxylic acid groups (broad SMARTS) is 1. The van der Waals surface area contributed by atoms with E-state index in [2.05, 4.69) is 6.58 Å². The SMILES string of the molecule is C=C(Cl)/C=C(/Cl)C(=CC)c1cn(Cc2ccc(C(=O)O)cc2)c(/C=C/c2ccc(-c3cccc(S(C)=O)c3)cc2)n1. The minimum absolute atomic E-state index is 0.229. The molecule has 0 spiro atoms. The average molecular weight is 604 g/mol. The Balaban J connectivity index is 1.66. The molecule has 0 fully saturated rings. The Hall–Kier alpha value is -3.97. The van der Waals surface area contributed by atoms with E-state index in [1.807, 2.05) is 84.4 Å². The molecule has 0 aliphatic heterocycles. The molecule has 0 amide bonds. The molecule has 0 bridgehead atoms. The second-order valence-electron chi connectivity index (χ2n) is 9.19. The number of aromatic carboxylic acids is 1. The van der Waals surface area contributed by atoms with E-state index in [0.717, 1.165) is 27.1 Å². The number of carbonyl (C=O) groups is 1. The van der Waals surface area contributed by atoms with Gasteiger partial charge in [-0.25, -0.2) is 9.78 Å². The maximum absolute atomic E-state index is 11.9. The summed E-state index contributed by atoms with van der Waals surface area (Å²) in [5, 5.41) is 9.97. The minimum Gasteiger partial charge on any atom is -0.478 e. The molecule has 1 heterocycles. The highest BCUT2D eigenvalue weighted by molar-refractivity contribution is 7.84. The van der Waals surface area contributed by atoms with Gasteiger partial charge in [0.2, 0.25) is 0 Å².